The maximum atomic E-state index is 11.9. The summed E-state index contributed by atoms with van der Waals surface area (Å²) >= 11 is 0. The van der Waals surface area contributed by atoms with E-state index in [9.17, 15) is 4.79 Å². The first-order valence-electron chi connectivity index (χ1n) is 7.11. The van der Waals surface area contributed by atoms with Crippen LogP contribution in [0.5, 0.6) is 0 Å². The van der Waals surface area contributed by atoms with Gasteiger partial charge in [0.15, 0.2) is 0 Å². The molecule has 1 aromatic rings. The molecule has 106 valence electrons. The summed E-state index contributed by atoms with van der Waals surface area (Å²) in [6.07, 6.45) is 1.65. The second-order valence-corrected chi connectivity index (χ2v) is 5.45. The molecule has 0 aliphatic carbocycles. The molecule has 0 saturated carbocycles. The van der Waals surface area contributed by atoms with Crippen LogP contribution in [0.1, 0.15) is 63.6 Å². The van der Waals surface area contributed by atoms with E-state index in [1.807, 2.05) is 13.8 Å². The second kappa shape index (κ2) is 7.29. The molecule has 3 N–H and O–H groups in total. The van der Waals surface area contributed by atoms with Gasteiger partial charge in [-0.15, -0.1) is 0 Å². The van der Waals surface area contributed by atoms with Crippen LogP contribution in [0.25, 0.3) is 0 Å². The molecule has 0 radical (unpaired) electrons. The van der Waals surface area contributed by atoms with E-state index in [1.165, 1.54) is 5.56 Å². The number of nitrogens with one attached hydrogen (secondary N) is 1. The van der Waals surface area contributed by atoms with Crippen molar-refractivity contribution < 1.29 is 4.79 Å². The van der Waals surface area contributed by atoms with Gasteiger partial charge in [0.2, 0.25) is 5.91 Å². The summed E-state index contributed by atoms with van der Waals surface area (Å²) in [5, 5.41) is 2.97. The molecule has 3 heteroatoms. The molecule has 1 amide bonds. The number of amides is 1. The van der Waals surface area contributed by atoms with E-state index < -0.39 is 6.04 Å². The Morgan fingerprint density at radius 3 is 2.16 bits per heavy atom. The lowest BCUT2D eigenvalue weighted by atomic mass is 9.99. The Hall–Kier alpha value is -1.35. The highest BCUT2D eigenvalue weighted by Crippen LogP contribution is 2.18. The summed E-state index contributed by atoms with van der Waals surface area (Å²) in [4.78, 5) is 11.9. The largest absolute Gasteiger partial charge is 0.348 e. The summed E-state index contributed by atoms with van der Waals surface area (Å²) in [6, 6.07) is 7.99. The Balaban J connectivity index is 2.62. The normalized spacial score (nSPS) is 14.2. The van der Waals surface area contributed by atoms with Crippen molar-refractivity contribution in [1.82, 2.24) is 5.32 Å². The lowest BCUT2D eigenvalue weighted by Crippen LogP contribution is -2.41. The molecule has 2 unspecified atom stereocenters. The summed E-state index contributed by atoms with van der Waals surface area (Å²) in [7, 11) is 0. The average Bonchev–Trinajstić information content (AvgIpc) is 2.38. The number of rotatable bonds is 6. The minimum absolute atomic E-state index is 0.00313. The summed E-state index contributed by atoms with van der Waals surface area (Å²) in [5.41, 5.74) is 8.23. The van der Waals surface area contributed by atoms with Crippen LogP contribution in [-0.2, 0) is 4.79 Å². The van der Waals surface area contributed by atoms with Gasteiger partial charge in [-0.2, -0.15) is 0 Å². The molecule has 2 atom stereocenters. The zero-order chi connectivity index (χ0) is 14.4. The Kier molecular flexibility index (Phi) is 6.03. The number of nitrogens with two attached hydrogens (primary N) is 1. The zero-order valence-electron chi connectivity index (χ0n) is 12.4. The highest BCUT2D eigenvalue weighted by Gasteiger charge is 2.15. The Morgan fingerprint density at radius 2 is 1.68 bits per heavy atom. The molecule has 19 heavy (non-hydrogen) atoms. The first kappa shape index (κ1) is 15.7. The van der Waals surface area contributed by atoms with Crippen LogP contribution in [-0.4, -0.2) is 11.9 Å². The zero-order valence-corrected chi connectivity index (χ0v) is 12.4. The van der Waals surface area contributed by atoms with E-state index in [4.69, 9.17) is 5.73 Å². The predicted molar refractivity (Wildman–Crippen MR) is 80.0 cm³/mol. The molecular formula is C16H26N2O. The maximum Gasteiger partial charge on any atom is 0.237 e. The van der Waals surface area contributed by atoms with Crippen molar-refractivity contribution in [3.8, 4) is 0 Å². The molecule has 0 saturated heterocycles. The molecule has 0 heterocycles. The van der Waals surface area contributed by atoms with Gasteiger partial charge >= 0.3 is 0 Å². The number of hydrogen-bond acceptors (Lipinski definition) is 2. The van der Waals surface area contributed by atoms with Gasteiger partial charge in [-0.25, -0.2) is 0 Å². The van der Waals surface area contributed by atoms with Crippen LogP contribution in [0.4, 0.5) is 0 Å². The van der Waals surface area contributed by atoms with Gasteiger partial charge < -0.3 is 11.1 Å². The molecule has 0 fully saturated rings. The maximum absolute atomic E-state index is 11.9. The highest BCUT2D eigenvalue weighted by molar-refractivity contribution is 5.81. The van der Waals surface area contributed by atoms with Crippen LogP contribution in [0.3, 0.4) is 0 Å². The fourth-order valence-corrected chi connectivity index (χ4v) is 2.02. The van der Waals surface area contributed by atoms with Gasteiger partial charge in [-0.05, 0) is 30.4 Å². The molecule has 0 aliphatic rings. The van der Waals surface area contributed by atoms with Crippen LogP contribution in [0.15, 0.2) is 24.3 Å². The minimum Gasteiger partial charge on any atom is -0.348 e. The van der Waals surface area contributed by atoms with Gasteiger partial charge in [0.25, 0.3) is 0 Å². The fourth-order valence-electron chi connectivity index (χ4n) is 2.02. The van der Waals surface area contributed by atoms with Crippen molar-refractivity contribution in [3.05, 3.63) is 35.4 Å². The van der Waals surface area contributed by atoms with Crippen LogP contribution in [0.2, 0.25) is 0 Å². The minimum atomic E-state index is -0.401. The van der Waals surface area contributed by atoms with Crippen LogP contribution < -0.4 is 11.1 Å². The van der Waals surface area contributed by atoms with Crippen LogP contribution in [0, 0.1) is 0 Å². The third-order valence-electron chi connectivity index (χ3n) is 3.40. The molecule has 0 bridgehead atoms. The number of carbonyl (C=O) groups excluding carboxylic acids is 1. The Labute approximate surface area is 116 Å². The topological polar surface area (TPSA) is 55.1 Å². The average molecular weight is 262 g/mol. The first-order valence-corrected chi connectivity index (χ1v) is 7.11. The van der Waals surface area contributed by atoms with E-state index in [0.29, 0.717) is 5.92 Å². The Bertz CT molecular complexity index is 398. The van der Waals surface area contributed by atoms with Gasteiger partial charge in [-0.3, -0.25) is 4.79 Å². The van der Waals surface area contributed by atoms with Crippen molar-refractivity contribution in [3.63, 3.8) is 0 Å². The lowest BCUT2D eigenvalue weighted by Gasteiger charge is -2.18. The van der Waals surface area contributed by atoms with Crippen molar-refractivity contribution in [2.45, 2.75) is 58.5 Å². The smallest absolute Gasteiger partial charge is 0.237 e. The summed E-state index contributed by atoms with van der Waals surface area (Å²) < 4.78 is 0. The summed E-state index contributed by atoms with van der Waals surface area (Å²) in [5.74, 6) is 0.458. The molecule has 0 aliphatic heterocycles. The molecule has 1 aromatic carbocycles. The third-order valence-corrected chi connectivity index (χ3v) is 3.40. The van der Waals surface area contributed by atoms with E-state index in [1.54, 1.807) is 0 Å². The number of benzene rings is 1. The lowest BCUT2D eigenvalue weighted by molar-refractivity contribution is -0.123. The SMILES string of the molecule is CCCC(N)C(=O)NC(C)c1ccc(C(C)C)cc1. The summed E-state index contributed by atoms with van der Waals surface area (Å²) in [6.45, 7) is 8.36. The fraction of sp³-hybridized carbons (Fsp3) is 0.562. The van der Waals surface area contributed by atoms with Gasteiger partial charge in [0.05, 0.1) is 12.1 Å². The van der Waals surface area contributed by atoms with Gasteiger partial charge in [0.1, 0.15) is 0 Å². The Morgan fingerprint density at radius 1 is 1.16 bits per heavy atom. The molecular weight excluding hydrogens is 236 g/mol. The monoisotopic (exact) mass is 262 g/mol. The van der Waals surface area contributed by atoms with Crippen molar-refractivity contribution in [1.29, 1.82) is 0 Å². The van der Waals surface area contributed by atoms with E-state index in [-0.39, 0.29) is 11.9 Å². The molecule has 1 rings (SSSR count). The number of hydrogen-bond donors (Lipinski definition) is 2. The van der Waals surface area contributed by atoms with Crippen molar-refractivity contribution >= 4 is 5.91 Å². The van der Waals surface area contributed by atoms with Crippen molar-refractivity contribution in [2.24, 2.45) is 5.73 Å². The standard InChI is InChI=1S/C16H26N2O/c1-5-6-15(17)16(19)18-12(4)14-9-7-13(8-10-14)11(2)3/h7-12,15H,5-6,17H2,1-4H3,(H,18,19). The first-order chi connectivity index (χ1) is 8.95. The van der Waals surface area contributed by atoms with E-state index >= 15 is 0 Å². The quantitative estimate of drug-likeness (QED) is 0.827. The third kappa shape index (κ3) is 4.67. The predicted octanol–water partition coefficient (Wildman–Crippen LogP) is 3.11. The molecule has 0 spiro atoms. The van der Waals surface area contributed by atoms with Crippen LogP contribution >= 0.6 is 0 Å². The second-order valence-electron chi connectivity index (χ2n) is 5.45. The van der Waals surface area contributed by atoms with Gasteiger partial charge in [-0.1, -0.05) is 51.5 Å². The van der Waals surface area contributed by atoms with E-state index in [2.05, 4.69) is 43.4 Å². The molecule has 3 nitrogen and oxygen atoms in total. The molecule has 0 aromatic heterocycles. The van der Waals surface area contributed by atoms with Gasteiger partial charge in [0, 0.05) is 0 Å². The van der Waals surface area contributed by atoms with E-state index in [0.717, 1.165) is 18.4 Å². The van der Waals surface area contributed by atoms with Crippen molar-refractivity contribution in [2.75, 3.05) is 0 Å². The highest BCUT2D eigenvalue weighted by atomic mass is 16.2. The number of carbonyl (C=O) groups is 1.